The summed E-state index contributed by atoms with van der Waals surface area (Å²) < 4.78 is 67.0. The van der Waals surface area contributed by atoms with Gasteiger partial charge in [-0.2, -0.15) is 13.2 Å². The first-order valence-electron chi connectivity index (χ1n) is 11.1. The van der Waals surface area contributed by atoms with Gasteiger partial charge in [-0.15, -0.1) is 0 Å². The van der Waals surface area contributed by atoms with Crippen LogP contribution in [0, 0.1) is 11.7 Å². The van der Waals surface area contributed by atoms with E-state index in [2.05, 4.69) is 0 Å². The third-order valence-electron chi connectivity index (χ3n) is 5.72. The number of esters is 1. The zero-order valence-electron chi connectivity index (χ0n) is 18.3. The van der Waals surface area contributed by atoms with E-state index >= 15 is 0 Å². The van der Waals surface area contributed by atoms with Gasteiger partial charge in [-0.25, -0.2) is 4.39 Å². The van der Waals surface area contributed by atoms with Gasteiger partial charge in [0.1, 0.15) is 5.56 Å². The lowest BCUT2D eigenvalue weighted by molar-refractivity contribution is -0.147. The maximum Gasteiger partial charge on any atom is 0.419 e. The summed E-state index contributed by atoms with van der Waals surface area (Å²) in [6.07, 6.45) is -0.167. The molecular weight excluding hydrogens is 424 g/mol. The highest BCUT2D eigenvalue weighted by atomic mass is 19.4. The molecule has 0 aromatic heterocycles. The second kappa shape index (κ2) is 10.5. The van der Waals surface area contributed by atoms with Crippen molar-refractivity contribution >= 4 is 5.97 Å². The summed E-state index contributed by atoms with van der Waals surface area (Å²) in [5.41, 5.74) is -0.487. The lowest BCUT2D eigenvalue weighted by Crippen LogP contribution is -2.33. The highest BCUT2D eigenvalue weighted by Gasteiger charge is 2.39. The molecule has 0 bridgehead atoms. The molecule has 3 nitrogen and oxygen atoms in total. The predicted octanol–water partition coefficient (Wildman–Crippen LogP) is 6.96. The van der Waals surface area contributed by atoms with Crippen LogP contribution in [0.2, 0.25) is 0 Å². The van der Waals surface area contributed by atoms with Crippen molar-refractivity contribution in [2.24, 2.45) is 5.92 Å². The summed E-state index contributed by atoms with van der Waals surface area (Å²) in [7, 11) is 0. The number of alkyl halides is 3. The Balaban J connectivity index is 1.83. The Bertz CT molecular complexity index is 914. The van der Waals surface area contributed by atoms with Gasteiger partial charge in [0.05, 0.1) is 18.6 Å². The number of hydrogen-bond acceptors (Lipinski definition) is 3. The summed E-state index contributed by atoms with van der Waals surface area (Å²) >= 11 is 0. The molecule has 1 heterocycles. The van der Waals surface area contributed by atoms with Gasteiger partial charge in [-0.3, -0.25) is 4.79 Å². The molecule has 1 fully saturated rings. The molecule has 2 aromatic carbocycles. The molecule has 1 aliphatic rings. The van der Waals surface area contributed by atoms with Crippen LogP contribution in [0.1, 0.15) is 57.1 Å². The van der Waals surface area contributed by atoms with Gasteiger partial charge in [-0.05, 0) is 54.5 Å². The molecule has 0 aliphatic carbocycles. The van der Waals surface area contributed by atoms with Gasteiger partial charge in [0.15, 0.2) is 11.6 Å². The maximum atomic E-state index is 15.0. The molecule has 1 saturated heterocycles. The largest absolute Gasteiger partial charge is 0.423 e. The van der Waals surface area contributed by atoms with Crippen LogP contribution >= 0.6 is 0 Å². The van der Waals surface area contributed by atoms with E-state index in [1.54, 1.807) is 24.3 Å². The minimum absolute atomic E-state index is 0.0700. The fourth-order valence-electron chi connectivity index (χ4n) is 4.03. The van der Waals surface area contributed by atoms with Crippen molar-refractivity contribution in [3.05, 3.63) is 53.3 Å². The molecule has 32 heavy (non-hydrogen) atoms. The van der Waals surface area contributed by atoms with Gasteiger partial charge >= 0.3 is 12.1 Å². The molecule has 7 heteroatoms. The van der Waals surface area contributed by atoms with E-state index in [-0.39, 0.29) is 23.8 Å². The average molecular weight is 452 g/mol. The third-order valence-corrected chi connectivity index (χ3v) is 5.72. The minimum Gasteiger partial charge on any atom is -0.423 e. The Morgan fingerprint density at radius 1 is 1.06 bits per heavy atom. The topological polar surface area (TPSA) is 35.5 Å². The first-order chi connectivity index (χ1) is 15.2. The summed E-state index contributed by atoms with van der Waals surface area (Å²) in [6, 6.07) is 8.80. The normalized spacial score (nSPS) is 19.1. The molecule has 0 amide bonds. The van der Waals surface area contributed by atoms with E-state index in [9.17, 15) is 22.4 Å². The lowest BCUT2D eigenvalue weighted by Gasteiger charge is -2.27. The molecule has 174 valence electrons. The standard InChI is InChI=1S/C25H28F4O3/c1-3-5-16-7-9-17(10-8-16)20-13-14-21(23(26)22(20)25(27,28)29)32-24(30)18-11-12-19(6-4-2)31-15-18/h7-10,13-14,18-19H,3-6,11-12,15H2,1-2H3. The Morgan fingerprint density at radius 2 is 1.78 bits per heavy atom. The SMILES string of the molecule is CCCc1ccc(-c2ccc(OC(=O)C3CCC(CCC)OC3)c(F)c2C(F)(F)F)cc1. The van der Waals surface area contributed by atoms with E-state index in [0.717, 1.165) is 43.4 Å². The first kappa shape index (κ1) is 24.2. The molecule has 2 atom stereocenters. The zero-order valence-corrected chi connectivity index (χ0v) is 18.3. The van der Waals surface area contributed by atoms with Crippen molar-refractivity contribution in [1.29, 1.82) is 0 Å². The Kier molecular flexibility index (Phi) is 7.93. The second-order valence-corrected chi connectivity index (χ2v) is 8.18. The molecule has 2 unspecified atom stereocenters. The number of halogens is 4. The quantitative estimate of drug-likeness (QED) is 0.259. The van der Waals surface area contributed by atoms with Crippen LogP contribution < -0.4 is 4.74 Å². The molecule has 2 aromatic rings. The molecule has 0 radical (unpaired) electrons. The van der Waals surface area contributed by atoms with Crippen LogP contribution in [0.25, 0.3) is 11.1 Å². The number of hydrogen-bond donors (Lipinski definition) is 0. The molecule has 1 aliphatic heterocycles. The van der Waals surface area contributed by atoms with Crippen LogP contribution in [0.4, 0.5) is 17.6 Å². The van der Waals surface area contributed by atoms with Crippen LogP contribution in [0.5, 0.6) is 5.75 Å². The Labute approximate surface area is 185 Å². The zero-order chi connectivity index (χ0) is 23.3. The van der Waals surface area contributed by atoms with Gasteiger partial charge in [-0.1, -0.05) is 51.0 Å². The average Bonchev–Trinajstić information content (AvgIpc) is 2.75. The molecule has 0 spiro atoms. The van der Waals surface area contributed by atoms with Gasteiger partial charge < -0.3 is 9.47 Å². The van der Waals surface area contributed by atoms with E-state index in [1.165, 1.54) is 0 Å². The Hall–Kier alpha value is -2.41. The second-order valence-electron chi connectivity index (χ2n) is 8.18. The van der Waals surface area contributed by atoms with Gasteiger partial charge in [0.25, 0.3) is 0 Å². The molecular formula is C25H28F4O3. The van der Waals surface area contributed by atoms with Crippen molar-refractivity contribution in [3.8, 4) is 16.9 Å². The smallest absolute Gasteiger partial charge is 0.419 e. The van der Waals surface area contributed by atoms with Gasteiger partial charge in [0, 0.05) is 0 Å². The number of aryl methyl sites for hydroxylation is 1. The highest BCUT2D eigenvalue weighted by molar-refractivity contribution is 5.76. The number of carbonyl (C=O) groups excluding carboxylic acids is 1. The monoisotopic (exact) mass is 452 g/mol. The highest BCUT2D eigenvalue weighted by Crippen LogP contribution is 2.42. The molecule has 3 rings (SSSR count). The number of ether oxygens (including phenoxy) is 2. The van der Waals surface area contributed by atoms with E-state index < -0.39 is 35.2 Å². The summed E-state index contributed by atoms with van der Waals surface area (Å²) in [4.78, 5) is 12.4. The van der Waals surface area contributed by atoms with Crippen molar-refractivity contribution in [3.63, 3.8) is 0 Å². The summed E-state index contributed by atoms with van der Waals surface area (Å²) in [5, 5.41) is 0. The van der Waals surface area contributed by atoms with Gasteiger partial charge in [0.2, 0.25) is 0 Å². The van der Waals surface area contributed by atoms with E-state index in [0.29, 0.717) is 12.8 Å². The maximum absolute atomic E-state index is 15.0. The van der Waals surface area contributed by atoms with Crippen LogP contribution in [-0.4, -0.2) is 18.7 Å². The number of carbonyl (C=O) groups is 1. The van der Waals surface area contributed by atoms with E-state index in [4.69, 9.17) is 9.47 Å². The third kappa shape index (κ3) is 5.68. The van der Waals surface area contributed by atoms with Crippen molar-refractivity contribution < 1.29 is 31.8 Å². The van der Waals surface area contributed by atoms with Crippen molar-refractivity contribution in [1.82, 2.24) is 0 Å². The van der Waals surface area contributed by atoms with Crippen molar-refractivity contribution in [2.45, 2.75) is 64.7 Å². The molecule has 0 saturated carbocycles. The van der Waals surface area contributed by atoms with E-state index in [1.807, 2.05) is 13.8 Å². The number of rotatable bonds is 7. The molecule has 0 N–H and O–H groups in total. The van der Waals surface area contributed by atoms with Crippen molar-refractivity contribution in [2.75, 3.05) is 6.61 Å². The minimum atomic E-state index is -4.95. The van der Waals surface area contributed by atoms with Crippen LogP contribution in [0.3, 0.4) is 0 Å². The Morgan fingerprint density at radius 3 is 2.34 bits per heavy atom. The van der Waals surface area contributed by atoms with Crippen LogP contribution in [-0.2, 0) is 22.1 Å². The van der Waals surface area contributed by atoms with Crippen LogP contribution in [0.15, 0.2) is 36.4 Å². The number of benzene rings is 2. The lowest BCUT2D eigenvalue weighted by atomic mass is 9.96. The first-order valence-corrected chi connectivity index (χ1v) is 11.1. The summed E-state index contributed by atoms with van der Waals surface area (Å²) in [5.74, 6) is -3.70. The summed E-state index contributed by atoms with van der Waals surface area (Å²) in [6.45, 7) is 4.17. The fraction of sp³-hybridized carbons (Fsp3) is 0.480. The predicted molar refractivity (Wildman–Crippen MR) is 114 cm³/mol. The fourth-order valence-corrected chi connectivity index (χ4v) is 4.03.